The summed E-state index contributed by atoms with van der Waals surface area (Å²) in [6.07, 6.45) is -7.12. The molecule has 0 aromatic heterocycles. The van der Waals surface area contributed by atoms with E-state index in [2.05, 4.69) is 10.6 Å². The lowest BCUT2D eigenvalue weighted by Gasteiger charge is -2.29. The Morgan fingerprint density at radius 3 is 1.70 bits per heavy atom. The molecule has 0 aliphatic heterocycles. The number of carbonyl (C=O) groups excluding carboxylic acids is 2. The van der Waals surface area contributed by atoms with Gasteiger partial charge >= 0.3 is 12.4 Å². The second-order valence-electron chi connectivity index (χ2n) is 11.0. The minimum Gasteiger partial charge on any atom is -0.350 e. The van der Waals surface area contributed by atoms with Gasteiger partial charge in [-0.3, -0.25) is 9.59 Å². The first-order valence-corrected chi connectivity index (χ1v) is 14.2. The monoisotopic (exact) mass is 606 g/mol. The van der Waals surface area contributed by atoms with Crippen LogP contribution in [0.5, 0.6) is 0 Å². The highest BCUT2D eigenvalue weighted by Crippen LogP contribution is 2.45. The minimum absolute atomic E-state index is 0.0377. The Bertz CT molecular complexity index is 1440. The molecule has 43 heavy (non-hydrogen) atoms. The third-order valence-corrected chi connectivity index (χ3v) is 7.96. The molecule has 0 aliphatic rings. The van der Waals surface area contributed by atoms with E-state index in [1.165, 1.54) is 30.3 Å². The molecule has 1 atom stereocenters. The second kappa shape index (κ2) is 13.2. The van der Waals surface area contributed by atoms with E-state index in [0.29, 0.717) is 30.0 Å². The summed E-state index contributed by atoms with van der Waals surface area (Å²) in [6.45, 7) is 9.38. The fourth-order valence-corrected chi connectivity index (χ4v) is 4.93. The van der Waals surface area contributed by atoms with E-state index in [9.17, 15) is 35.9 Å². The van der Waals surface area contributed by atoms with Gasteiger partial charge in [0.15, 0.2) is 0 Å². The van der Waals surface area contributed by atoms with Crippen molar-refractivity contribution in [1.29, 1.82) is 0 Å². The van der Waals surface area contributed by atoms with Gasteiger partial charge in [0.2, 0.25) is 0 Å². The predicted molar refractivity (Wildman–Crippen MR) is 156 cm³/mol. The van der Waals surface area contributed by atoms with Crippen molar-refractivity contribution >= 4 is 17.5 Å². The maximum Gasteiger partial charge on any atom is 0.417 e. The van der Waals surface area contributed by atoms with Crippen molar-refractivity contribution in [2.75, 3.05) is 5.32 Å². The maximum atomic E-state index is 14.2. The van der Waals surface area contributed by atoms with Gasteiger partial charge in [0.1, 0.15) is 0 Å². The molecule has 0 fully saturated rings. The van der Waals surface area contributed by atoms with Crippen LogP contribution in [0.15, 0.2) is 60.7 Å². The highest BCUT2D eigenvalue weighted by molar-refractivity contribution is 6.05. The van der Waals surface area contributed by atoms with E-state index in [1.54, 1.807) is 0 Å². The standard InChI is InChI=1S/C33H36F6N2O2/c1-6-9-20(4)40-29(42)21-10-12-22(13-11-21)30(43)41-24-15-17-26(28(19-24)33(37,38)39)25-16-14-23(31(5,7-2)8-3)18-27(25)32(34,35)36/h10-20H,6-9H2,1-5H3,(H,40,42)(H,41,43). The van der Waals surface area contributed by atoms with Crippen LogP contribution >= 0.6 is 0 Å². The number of benzene rings is 3. The number of hydrogen-bond donors (Lipinski definition) is 2. The number of amides is 2. The van der Waals surface area contributed by atoms with Crippen LogP contribution in [0.1, 0.15) is 97.7 Å². The van der Waals surface area contributed by atoms with Crippen molar-refractivity contribution in [2.24, 2.45) is 0 Å². The lowest BCUT2D eigenvalue weighted by atomic mass is 9.76. The summed E-state index contributed by atoms with van der Waals surface area (Å²) < 4.78 is 85.2. The minimum atomic E-state index is -5.01. The average Bonchev–Trinajstić information content (AvgIpc) is 2.95. The summed E-state index contributed by atoms with van der Waals surface area (Å²) in [5.41, 5.74) is -3.75. The first-order valence-electron chi connectivity index (χ1n) is 14.2. The number of rotatable bonds is 10. The van der Waals surface area contributed by atoms with Crippen molar-refractivity contribution in [1.82, 2.24) is 5.32 Å². The third-order valence-electron chi connectivity index (χ3n) is 7.96. The third kappa shape index (κ3) is 7.97. The van der Waals surface area contributed by atoms with Gasteiger partial charge in [-0.15, -0.1) is 0 Å². The zero-order valence-electron chi connectivity index (χ0n) is 24.8. The van der Waals surface area contributed by atoms with Gasteiger partial charge < -0.3 is 10.6 Å². The van der Waals surface area contributed by atoms with Crippen LogP contribution < -0.4 is 10.6 Å². The number of anilines is 1. The van der Waals surface area contributed by atoms with Crippen LogP contribution in [-0.4, -0.2) is 17.9 Å². The summed E-state index contributed by atoms with van der Waals surface area (Å²) in [6, 6.07) is 11.7. The number of hydrogen-bond acceptors (Lipinski definition) is 2. The smallest absolute Gasteiger partial charge is 0.350 e. The van der Waals surface area contributed by atoms with Crippen LogP contribution in [0, 0.1) is 0 Å². The van der Waals surface area contributed by atoms with Crippen molar-refractivity contribution < 1.29 is 35.9 Å². The molecule has 2 N–H and O–H groups in total. The van der Waals surface area contributed by atoms with Gasteiger partial charge in [0.25, 0.3) is 11.8 Å². The Balaban J connectivity index is 1.96. The molecule has 0 saturated carbocycles. The Kier molecular flexibility index (Phi) is 10.4. The van der Waals surface area contributed by atoms with E-state index < -0.39 is 45.9 Å². The molecule has 3 aromatic carbocycles. The SMILES string of the molecule is CCCC(C)NC(=O)c1ccc(C(=O)Nc2ccc(-c3ccc(C(C)(CC)CC)cc3C(F)(F)F)c(C(F)(F)F)c2)cc1. The van der Waals surface area contributed by atoms with E-state index in [4.69, 9.17) is 0 Å². The maximum absolute atomic E-state index is 14.2. The fraction of sp³-hybridized carbons (Fsp3) is 0.394. The molecule has 3 rings (SSSR count). The predicted octanol–water partition coefficient (Wildman–Crippen LogP) is 9.64. The fourth-order valence-electron chi connectivity index (χ4n) is 4.93. The molecule has 0 spiro atoms. The number of alkyl halides is 6. The van der Waals surface area contributed by atoms with Gasteiger partial charge in [0, 0.05) is 22.9 Å². The Labute approximate surface area is 247 Å². The highest BCUT2D eigenvalue weighted by Gasteiger charge is 2.39. The van der Waals surface area contributed by atoms with Crippen LogP contribution in [0.25, 0.3) is 11.1 Å². The van der Waals surface area contributed by atoms with Crippen molar-refractivity contribution in [2.45, 2.75) is 84.1 Å². The summed E-state index contributed by atoms with van der Waals surface area (Å²) in [5, 5.41) is 5.21. The van der Waals surface area contributed by atoms with Gasteiger partial charge in [-0.1, -0.05) is 52.3 Å². The topological polar surface area (TPSA) is 58.2 Å². The molecule has 2 amide bonds. The zero-order chi connectivity index (χ0) is 32.2. The van der Waals surface area contributed by atoms with Gasteiger partial charge in [-0.05, 0) is 90.8 Å². The number of halogens is 6. The normalized spacial score (nSPS) is 13.0. The van der Waals surface area contributed by atoms with E-state index in [0.717, 1.165) is 37.1 Å². The van der Waals surface area contributed by atoms with Crippen LogP contribution in [0.4, 0.5) is 32.0 Å². The molecule has 0 aliphatic carbocycles. The molecule has 0 radical (unpaired) electrons. The summed E-state index contributed by atoms with van der Waals surface area (Å²) in [4.78, 5) is 25.2. The zero-order valence-corrected chi connectivity index (χ0v) is 24.8. The molecule has 232 valence electrons. The van der Waals surface area contributed by atoms with E-state index in [-0.39, 0.29) is 23.2 Å². The highest BCUT2D eigenvalue weighted by atomic mass is 19.4. The number of nitrogens with one attached hydrogen (secondary N) is 2. The molecule has 1 unspecified atom stereocenters. The van der Waals surface area contributed by atoms with Crippen molar-refractivity contribution in [3.05, 3.63) is 88.5 Å². The Hall–Kier alpha value is -3.82. The first-order chi connectivity index (χ1) is 20.0. The van der Waals surface area contributed by atoms with Gasteiger partial charge in [-0.2, -0.15) is 26.3 Å². The van der Waals surface area contributed by atoms with Gasteiger partial charge in [0.05, 0.1) is 11.1 Å². The number of carbonyl (C=O) groups is 2. The van der Waals surface area contributed by atoms with E-state index in [1.807, 2.05) is 34.6 Å². The molecule has 4 nitrogen and oxygen atoms in total. The first kappa shape index (κ1) is 33.7. The largest absolute Gasteiger partial charge is 0.417 e. The second-order valence-corrected chi connectivity index (χ2v) is 11.0. The lowest BCUT2D eigenvalue weighted by Crippen LogP contribution is -2.32. The van der Waals surface area contributed by atoms with Crippen LogP contribution in [-0.2, 0) is 17.8 Å². The molecule has 3 aromatic rings. The van der Waals surface area contributed by atoms with E-state index >= 15 is 0 Å². The Morgan fingerprint density at radius 2 is 1.21 bits per heavy atom. The summed E-state index contributed by atoms with van der Waals surface area (Å²) >= 11 is 0. The lowest BCUT2D eigenvalue weighted by molar-refractivity contribution is -0.139. The Morgan fingerprint density at radius 1 is 0.721 bits per heavy atom. The molecule has 10 heteroatoms. The molecular formula is C33H36F6N2O2. The molecule has 0 heterocycles. The van der Waals surface area contributed by atoms with Crippen molar-refractivity contribution in [3.63, 3.8) is 0 Å². The van der Waals surface area contributed by atoms with Crippen molar-refractivity contribution in [3.8, 4) is 11.1 Å². The molecule has 0 bridgehead atoms. The summed E-state index contributed by atoms with van der Waals surface area (Å²) in [7, 11) is 0. The van der Waals surface area contributed by atoms with Gasteiger partial charge in [-0.25, -0.2) is 0 Å². The quantitative estimate of drug-likeness (QED) is 0.226. The van der Waals surface area contributed by atoms with Crippen LogP contribution in [0.2, 0.25) is 0 Å². The summed E-state index contributed by atoms with van der Waals surface area (Å²) in [5.74, 6) is -1.07. The molecular weight excluding hydrogens is 570 g/mol. The average molecular weight is 607 g/mol. The molecule has 0 saturated heterocycles. The van der Waals surface area contributed by atoms with Crippen LogP contribution in [0.3, 0.4) is 0 Å².